The van der Waals surface area contributed by atoms with Gasteiger partial charge in [-0.3, -0.25) is 19.5 Å². The van der Waals surface area contributed by atoms with Gasteiger partial charge in [-0.15, -0.1) is 0 Å². The number of aliphatic hydroxyl groups is 1. The number of hydrogen-bond acceptors (Lipinski definition) is 7. The largest absolute Gasteiger partial charge is 0.507 e. The molecule has 0 saturated carbocycles. The van der Waals surface area contributed by atoms with Crippen LogP contribution >= 0.6 is 11.3 Å². The van der Waals surface area contributed by atoms with Crippen LogP contribution in [0.4, 0.5) is 9.52 Å². The number of thiazole rings is 1. The van der Waals surface area contributed by atoms with Gasteiger partial charge in [0, 0.05) is 24.4 Å². The van der Waals surface area contributed by atoms with Crippen molar-refractivity contribution in [2.45, 2.75) is 25.5 Å². The summed E-state index contributed by atoms with van der Waals surface area (Å²) in [5, 5.41) is 11.6. The van der Waals surface area contributed by atoms with Crippen molar-refractivity contribution in [3.8, 4) is 5.75 Å². The molecule has 2 aromatic carbocycles. The highest BCUT2D eigenvalue weighted by Gasteiger charge is 2.48. The number of nitrogens with zero attached hydrogens (tertiary/aromatic N) is 3. The zero-order chi connectivity index (χ0) is 24.3. The fourth-order valence-electron chi connectivity index (χ4n) is 4.60. The predicted molar refractivity (Wildman–Crippen MR) is 129 cm³/mol. The van der Waals surface area contributed by atoms with Crippen LogP contribution in [0.25, 0.3) is 16.0 Å². The number of halogens is 1. The van der Waals surface area contributed by atoms with Gasteiger partial charge in [0.1, 0.15) is 23.4 Å². The quantitative estimate of drug-likeness (QED) is 0.254. The van der Waals surface area contributed by atoms with Crippen molar-refractivity contribution in [2.24, 2.45) is 0 Å². The van der Waals surface area contributed by atoms with Crippen molar-refractivity contribution >= 4 is 44.1 Å². The van der Waals surface area contributed by atoms with Crippen LogP contribution in [0.15, 0.2) is 66.5 Å². The summed E-state index contributed by atoms with van der Waals surface area (Å²) in [5.74, 6) is -1.62. The number of pyridine rings is 1. The normalized spacial score (nSPS) is 20.9. The summed E-state index contributed by atoms with van der Waals surface area (Å²) in [6.45, 7) is 1.96. The highest BCUT2D eigenvalue weighted by atomic mass is 32.1. The highest BCUT2D eigenvalue weighted by molar-refractivity contribution is 7.22. The van der Waals surface area contributed by atoms with Gasteiger partial charge in [0.2, 0.25) is 0 Å². The fraction of sp³-hybridized carbons (Fsp3) is 0.154. The zero-order valence-electron chi connectivity index (χ0n) is 18.4. The van der Waals surface area contributed by atoms with Crippen LogP contribution in [0.3, 0.4) is 0 Å². The standard InChI is InChI=1S/C26H18FN3O4S/c1-13-9-16-10-14(4-7-19(16)34-13)23(31)21-22(15-3-2-8-28-12-15)30(25(33)24(21)32)26-29-18-6-5-17(27)11-20(18)35-26/h2-8,10-13,22,31H,9H2,1H3/t13-,22+/m1/s1. The third-order valence-corrected chi connectivity index (χ3v) is 7.18. The number of ketones is 1. The molecule has 1 saturated heterocycles. The lowest BCUT2D eigenvalue weighted by Crippen LogP contribution is -2.29. The molecule has 0 radical (unpaired) electrons. The number of carbonyl (C=O) groups is 2. The van der Waals surface area contributed by atoms with Gasteiger partial charge in [0.25, 0.3) is 5.78 Å². The maximum absolute atomic E-state index is 13.8. The van der Waals surface area contributed by atoms with Gasteiger partial charge < -0.3 is 9.84 Å². The number of carbonyl (C=O) groups excluding carboxylic acids is 2. The maximum atomic E-state index is 13.8. The summed E-state index contributed by atoms with van der Waals surface area (Å²) in [5.41, 5.74) is 2.32. The molecule has 0 bridgehead atoms. The lowest BCUT2D eigenvalue weighted by Gasteiger charge is -2.22. The van der Waals surface area contributed by atoms with Gasteiger partial charge in [-0.2, -0.15) is 0 Å². The van der Waals surface area contributed by atoms with Gasteiger partial charge in [0.05, 0.1) is 21.8 Å². The third-order valence-electron chi connectivity index (χ3n) is 6.16. The van der Waals surface area contributed by atoms with Crippen molar-refractivity contribution in [1.82, 2.24) is 9.97 Å². The summed E-state index contributed by atoms with van der Waals surface area (Å²) >= 11 is 1.10. The molecule has 6 rings (SSSR count). The zero-order valence-corrected chi connectivity index (χ0v) is 19.3. The second kappa shape index (κ2) is 7.99. The van der Waals surface area contributed by atoms with Crippen LogP contribution in [0.1, 0.15) is 29.7 Å². The van der Waals surface area contributed by atoms with Gasteiger partial charge in [-0.1, -0.05) is 17.4 Å². The topological polar surface area (TPSA) is 92.6 Å². The first-order valence-corrected chi connectivity index (χ1v) is 11.8. The van der Waals surface area contributed by atoms with Crippen LogP contribution in [0.5, 0.6) is 5.75 Å². The molecule has 4 aromatic rings. The number of hydrogen-bond donors (Lipinski definition) is 1. The predicted octanol–water partition coefficient (Wildman–Crippen LogP) is 4.78. The van der Waals surface area contributed by atoms with E-state index in [1.165, 1.54) is 23.1 Å². The van der Waals surface area contributed by atoms with E-state index in [9.17, 15) is 19.1 Å². The first-order chi connectivity index (χ1) is 16.9. The van der Waals surface area contributed by atoms with E-state index >= 15 is 0 Å². The van der Waals surface area contributed by atoms with Gasteiger partial charge >= 0.3 is 5.91 Å². The first-order valence-electron chi connectivity index (χ1n) is 11.0. The molecular formula is C26H18FN3O4S. The molecule has 0 aliphatic carbocycles. The Kier molecular flexibility index (Phi) is 4.89. The smallest absolute Gasteiger partial charge is 0.301 e. The number of aliphatic hydroxyl groups excluding tert-OH is 1. The van der Waals surface area contributed by atoms with Crippen LogP contribution in [-0.4, -0.2) is 32.9 Å². The average molecular weight is 488 g/mol. The lowest BCUT2D eigenvalue weighted by molar-refractivity contribution is -0.132. The minimum absolute atomic E-state index is 0.0206. The molecule has 4 heterocycles. The summed E-state index contributed by atoms with van der Waals surface area (Å²) in [4.78, 5) is 36.5. The Morgan fingerprint density at radius 3 is 2.86 bits per heavy atom. The third kappa shape index (κ3) is 3.47. The highest BCUT2D eigenvalue weighted by Crippen LogP contribution is 2.44. The van der Waals surface area contributed by atoms with Gasteiger partial charge in [-0.25, -0.2) is 9.37 Å². The van der Waals surface area contributed by atoms with E-state index in [4.69, 9.17) is 4.74 Å². The molecule has 1 N–H and O–H groups in total. The molecule has 0 unspecified atom stereocenters. The van der Waals surface area contributed by atoms with Crippen molar-refractivity contribution in [1.29, 1.82) is 0 Å². The molecule has 35 heavy (non-hydrogen) atoms. The number of aromatic nitrogens is 2. The van der Waals surface area contributed by atoms with Gasteiger partial charge in [0.15, 0.2) is 5.13 Å². The van der Waals surface area contributed by atoms with Gasteiger partial charge in [-0.05, 0) is 60.5 Å². The average Bonchev–Trinajstić information content (AvgIpc) is 3.51. The molecule has 0 spiro atoms. The van der Waals surface area contributed by atoms with Crippen molar-refractivity contribution < 1.29 is 23.8 Å². The molecule has 2 atom stereocenters. The Hall–Kier alpha value is -4.11. The van der Waals surface area contributed by atoms with Crippen LogP contribution in [0, 0.1) is 5.82 Å². The SMILES string of the molecule is C[C@@H]1Cc2cc(C(O)=C3C(=O)C(=O)N(c4nc5ccc(F)cc5s4)[C@H]3c3cccnc3)ccc2O1. The summed E-state index contributed by atoms with van der Waals surface area (Å²) < 4.78 is 20.0. The maximum Gasteiger partial charge on any atom is 0.301 e. The van der Waals surface area contributed by atoms with E-state index in [1.54, 1.807) is 42.7 Å². The van der Waals surface area contributed by atoms with Crippen LogP contribution in [0.2, 0.25) is 0 Å². The molecule has 1 fully saturated rings. The van der Waals surface area contributed by atoms with E-state index in [2.05, 4.69) is 9.97 Å². The van der Waals surface area contributed by atoms with E-state index in [-0.39, 0.29) is 22.6 Å². The van der Waals surface area contributed by atoms with Crippen LogP contribution < -0.4 is 9.64 Å². The molecule has 7 nitrogen and oxygen atoms in total. The minimum atomic E-state index is -0.947. The Morgan fingerprint density at radius 2 is 2.06 bits per heavy atom. The molecule has 1 amide bonds. The minimum Gasteiger partial charge on any atom is -0.507 e. The fourth-order valence-corrected chi connectivity index (χ4v) is 5.61. The summed E-state index contributed by atoms with van der Waals surface area (Å²) in [6, 6.07) is 11.8. The van der Waals surface area contributed by atoms with Crippen molar-refractivity contribution in [2.75, 3.05) is 4.90 Å². The molecule has 2 aliphatic rings. The number of rotatable bonds is 3. The van der Waals surface area contributed by atoms with E-state index in [0.717, 1.165) is 22.6 Å². The molecule has 2 aliphatic heterocycles. The molecular weight excluding hydrogens is 469 g/mol. The number of ether oxygens (including phenoxy) is 1. The first kappa shape index (κ1) is 21.4. The molecule has 9 heteroatoms. The second-order valence-electron chi connectivity index (χ2n) is 8.52. The second-order valence-corrected chi connectivity index (χ2v) is 9.53. The lowest BCUT2D eigenvalue weighted by atomic mass is 9.95. The van der Waals surface area contributed by atoms with E-state index in [0.29, 0.717) is 27.8 Å². The van der Waals surface area contributed by atoms with Crippen molar-refractivity contribution in [3.05, 3.63) is 89.0 Å². The number of benzene rings is 2. The number of fused-ring (bicyclic) bond motifs is 2. The van der Waals surface area contributed by atoms with Crippen LogP contribution in [-0.2, 0) is 16.0 Å². The number of anilines is 1. The van der Waals surface area contributed by atoms with Crippen molar-refractivity contribution in [3.63, 3.8) is 0 Å². The summed E-state index contributed by atoms with van der Waals surface area (Å²) in [7, 11) is 0. The Morgan fingerprint density at radius 1 is 1.20 bits per heavy atom. The summed E-state index contributed by atoms with van der Waals surface area (Å²) in [6.07, 6.45) is 3.83. The Labute approximate surface area is 203 Å². The molecule has 174 valence electrons. The Balaban J connectivity index is 1.53. The number of Topliss-reactive ketones (excluding diaryl/α,β-unsaturated/α-hetero) is 1. The number of amides is 1. The molecule has 2 aromatic heterocycles. The Bertz CT molecular complexity index is 1550. The van der Waals surface area contributed by atoms with E-state index in [1.807, 2.05) is 6.92 Å². The monoisotopic (exact) mass is 487 g/mol. The van der Waals surface area contributed by atoms with E-state index < -0.39 is 23.5 Å².